The summed E-state index contributed by atoms with van der Waals surface area (Å²) >= 11 is 0. The van der Waals surface area contributed by atoms with E-state index in [1.165, 1.54) is 22.2 Å². The molecule has 0 unspecified atom stereocenters. The fourth-order valence-corrected chi connectivity index (χ4v) is 4.53. The fourth-order valence-electron chi connectivity index (χ4n) is 4.53. The van der Waals surface area contributed by atoms with Crippen LogP contribution >= 0.6 is 0 Å². The molecule has 2 aromatic heterocycles. The minimum atomic E-state index is 0.275. The summed E-state index contributed by atoms with van der Waals surface area (Å²) in [6.07, 6.45) is 1.27. The first-order valence-corrected chi connectivity index (χ1v) is 10.2. The van der Waals surface area contributed by atoms with Crippen LogP contribution in [0.3, 0.4) is 0 Å². The van der Waals surface area contributed by atoms with E-state index in [4.69, 9.17) is 14.7 Å². The van der Waals surface area contributed by atoms with Crippen LogP contribution < -0.4 is 9.80 Å². The van der Waals surface area contributed by atoms with Gasteiger partial charge in [-0.15, -0.1) is 0 Å². The zero-order chi connectivity index (χ0) is 19.4. The molecule has 29 heavy (non-hydrogen) atoms. The van der Waals surface area contributed by atoms with Gasteiger partial charge in [0.2, 0.25) is 5.95 Å². The lowest BCUT2D eigenvalue weighted by Gasteiger charge is -2.38. The predicted molar refractivity (Wildman–Crippen MR) is 116 cm³/mol. The van der Waals surface area contributed by atoms with E-state index >= 15 is 0 Å². The number of aromatic nitrogens is 3. The molecule has 0 spiro atoms. The number of anilines is 2. The van der Waals surface area contributed by atoms with Gasteiger partial charge >= 0.3 is 0 Å². The second-order valence-corrected chi connectivity index (χ2v) is 7.93. The minimum Gasteiger partial charge on any atom is -0.378 e. The predicted octanol–water partition coefficient (Wildman–Crippen LogP) is 3.51. The maximum atomic E-state index is 5.43. The number of fused-ring (bicyclic) bond motifs is 4. The summed E-state index contributed by atoms with van der Waals surface area (Å²) < 4.78 is 5.43. The molecule has 0 aliphatic carbocycles. The third-order valence-corrected chi connectivity index (χ3v) is 6.22. The number of nitrogens with zero attached hydrogens (tertiary/aromatic N) is 4. The molecule has 0 atom stereocenters. The van der Waals surface area contributed by atoms with Gasteiger partial charge < -0.3 is 19.5 Å². The Morgan fingerprint density at radius 1 is 0.966 bits per heavy atom. The molecule has 2 aromatic carbocycles. The van der Waals surface area contributed by atoms with Crippen LogP contribution in [0.15, 0.2) is 48.5 Å². The molecule has 1 fully saturated rings. The summed E-state index contributed by atoms with van der Waals surface area (Å²) in [4.78, 5) is 18.1. The van der Waals surface area contributed by atoms with Crippen LogP contribution in [0, 0.1) is 0 Å². The van der Waals surface area contributed by atoms with E-state index in [1.807, 2.05) is 6.07 Å². The Labute approximate surface area is 169 Å². The third kappa shape index (κ3) is 2.67. The fraction of sp³-hybridized carbons (Fsp3) is 0.304. The second-order valence-electron chi connectivity index (χ2n) is 7.93. The van der Waals surface area contributed by atoms with Crippen molar-refractivity contribution in [1.29, 1.82) is 0 Å². The molecule has 0 amide bonds. The smallest absolute Gasteiger partial charge is 0.228 e. The van der Waals surface area contributed by atoms with E-state index in [0.29, 0.717) is 0 Å². The number of aromatic amines is 1. The normalized spacial score (nSPS) is 17.0. The summed E-state index contributed by atoms with van der Waals surface area (Å²) in [6, 6.07) is 16.9. The first kappa shape index (κ1) is 16.8. The maximum Gasteiger partial charge on any atom is 0.228 e. The number of H-pyrrole nitrogens is 1. The second kappa shape index (κ2) is 6.46. The lowest BCUT2D eigenvalue weighted by molar-refractivity contribution is 0.0778. The van der Waals surface area contributed by atoms with Crippen LogP contribution in [0.1, 0.15) is 11.3 Å². The molecule has 6 rings (SSSR count). The van der Waals surface area contributed by atoms with Gasteiger partial charge in [-0.1, -0.05) is 30.3 Å². The van der Waals surface area contributed by atoms with Gasteiger partial charge in [0.1, 0.15) is 5.82 Å². The average Bonchev–Trinajstić information content (AvgIpc) is 3.10. The largest absolute Gasteiger partial charge is 0.378 e. The number of ether oxygens (including phenoxy) is 1. The molecule has 0 saturated carbocycles. The van der Waals surface area contributed by atoms with Crippen molar-refractivity contribution in [3.63, 3.8) is 0 Å². The molecule has 0 radical (unpaired) electrons. The Balaban J connectivity index is 1.42. The van der Waals surface area contributed by atoms with Gasteiger partial charge in [-0.05, 0) is 18.2 Å². The number of benzene rings is 2. The third-order valence-electron chi connectivity index (χ3n) is 6.22. The van der Waals surface area contributed by atoms with Crippen LogP contribution in [-0.4, -0.2) is 47.8 Å². The summed E-state index contributed by atoms with van der Waals surface area (Å²) in [7, 11) is 1.77. The van der Waals surface area contributed by atoms with Crippen molar-refractivity contribution in [2.75, 3.05) is 36.5 Å². The molecule has 6 heteroatoms. The van der Waals surface area contributed by atoms with E-state index in [2.05, 4.69) is 57.2 Å². The highest BCUT2D eigenvalue weighted by Crippen LogP contribution is 2.34. The molecule has 4 aromatic rings. The number of hydrogen-bond donors (Lipinski definition) is 1. The number of para-hydroxylation sites is 2. The van der Waals surface area contributed by atoms with E-state index in [0.717, 1.165) is 55.3 Å². The molecule has 0 bridgehead atoms. The van der Waals surface area contributed by atoms with Gasteiger partial charge in [0.25, 0.3) is 0 Å². The number of nitrogens with one attached hydrogen (secondary N) is 1. The first-order valence-electron chi connectivity index (χ1n) is 10.2. The minimum absolute atomic E-state index is 0.275. The highest BCUT2D eigenvalue weighted by Gasteiger charge is 2.30. The van der Waals surface area contributed by atoms with Crippen molar-refractivity contribution >= 4 is 33.6 Å². The molecule has 2 aliphatic heterocycles. The molecule has 4 heterocycles. The Bertz CT molecular complexity index is 1210. The zero-order valence-corrected chi connectivity index (χ0v) is 16.4. The summed E-state index contributed by atoms with van der Waals surface area (Å²) in [6.45, 7) is 3.50. The Kier molecular flexibility index (Phi) is 3.74. The number of methoxy groups -OCH3 is 1. The first-order chi connectivity index (χ1) is 14.3. The van der Waals surface area contributed by atoms with Crippen molar-refractivity contribution in [3.8, 4) is 0 Å². The molecular formula is C23H23N5O. The van der Waals surface area contributed by atoms with Crippen LogP contribution in [-0.2, 0) is 17.7 Å². The van der Waals surface area contributed by atoms with Gasteiger partial charge in [0.15, 0.2) is 0 Å². The monoisotopic (exact) mass is 385 g/mol. The molecule has 1 saturated heterocycles. The van der Waals surface area contributed by atoms with E-state index in [9.17, 15) is 0 Å². The molecule has 1 N–H and O–H groups in total. The van der Waals surface area contributed by atoms with Crippen molar-refractivity contribution in [1.82, 2.24) is 15.0 Å². The van der Waals surface area contributed by atoms with Crippen molar-refractivity contribution in [3.05, 3.63) is 59.8 Å². The Hall–Kier alpha value is -3.12. The van der Waals surface area contributed by atoms with Crippen LogP contribution in [0.25, 0.3) is 21.8 Å². The van der Waals surface area contributed by atoms with Crippen molar-refractivity contribution < 1.29 is 4.74 Å². The maximum absolute atomic E-state index is 5.43. The average molecular weight is 385 g/mol. The van der Waals surface area contributed by atoms with Gasteiger partial charge in [0, 0.05) is 67.3 Å². The molecule has 6 nitrogen and oxygen atoms in total. The van der Waals surface area contributed by atoms with Gasteiger partial charge in [-0.2, -0.15) is 4.98 Å². The van der Waals surface area contributed by atoms with Gasteiger partial charge in [0.05, 0.1) is 11.6 Å². The van der Waals surface area contributed by atoms with Crippen LogP contribution in [0.5, 0.6) is 0 Å². The lowest BCUT2D eigenvalue weighted by Crippen LogP contribution is -2.52. The Morgan fingerprint density at radius 3 is 2.62 bits per heavy atom. The topological polar surface area (TPSA) is 57.3 Å². The summed E-state index contributed by atoms with van der Waals surface area (Å²) in [5.41, 5.74) is 4.96. The van der Waals surface area contributed by atoms with Crippen LogP contribution in [0.4, 0.5) is 11.8 Å². The molecule has 2 aliphatic rings. The number of rotatable bonds is 3. The van der Waals surface area contributed by atoms with Crippen LogP contribution in [0.2, 0.25) is 0 Å². The number of hydrogen-bond acceptors (Lipinski definition) is 5. The highest BCUT2D eigenvalue weighted by atomic mass is 16.5. The van der Waals surface area contributed by atoms with E-state index in [-0.39, 0.29) is 6.10 Å². The summed E-state index contributed by atoms with van der Waals surface area (Å²) in [5, 5.41) is 2.43. The lowest BCUT2D eigenvalue weighted by atomic mass is 10.0. The Morgan fingerprint density at radius 2 is 1.76 bits per heavy atom. The molecular weight excluding hydrogens is 362 g/mol. The van der Waals surface area contributed by atoms with Crippen molar-refractivity contribution in [2.24, 2.45) is 0 Å². The van der Waals surface area contributed by atoms with E-state index in [1.54, 1.807) is 7.11 Å². The van der Waals surface area contributed by atoms with Gasteiger partial charge in [-0.3, -0.25) is 0 Å². The SMILES string of the molecule is COC1CN(c2nc(N3CCc4[nH]c5ccccc5c4C3)c3ccccc3n2)C1. The zero-order valence-electron chi connectivity index (χ0n) is 16.4. The summed E-state index contributed by atoms with van der Waals surface area (Å²) in [5.74, 6) is 1.83. The van der Waals surface area contributed by atoms with Gasteiger partial charge in [-0.25, -0.2) is 4.98 Å². The standard InChI is InChI=1S/C23H23N5O/c1-29-15-12-28(13-15)23-25-20-9-5-3-7-17(20)22(26-23)27-11-10-21-18(14-27)16-6-2-4-8-19(16)24-21/h2-9,15,24H,10-14H2,1H3. The highest BCUT2D eigenvalue weighted by molar-refractivity contribution is 5.91. The quantitative estimate of drug-likeness (QED) is 0.585. The van der Waals surface area contributed by atoms with E-state index < -0.39 is 0 Å². The van der Waals surface area contributed by atoms with Crippen molar-refractivity contribution in [2.45, 2.75) is 19.1 Å². The molecule has 146 valence electrons.